The Morgan fingerprint density at radius 2 is 2.19 bits per heavy atom. The minimum atomic E-state index is -4.42. The minimum Gasteiger partial charge on any atom is -0.394 e. The molecule has 0 radical (unpaired) electrons. The SMILES string of the molecule is O=C(COCC(F)(F)F)N1CCC[C@H]1CO. The number of aliphatic hydroxyl groups excluding tert-OH is 1. The molecule has 0 aliphatic carbocycles. The number of aliphatic hydroxyl groups is 1. The third-order valence-electron chi connectivity index (χ3n) is 2.40. The standard InChI is InChI=1S/C9H14F3NO3/c10-9(11,12)6-16-5-8(15)13-3-1-2-7(13)4-14/h7,14H,1-6H2/t7-/m0/s1. The van der Waals surface area contributed by atoms with Gasteiger partial charge in [-0.05, 0) is 12.8 Å². The van der Waals surface area contributed by atoms with Gasteiger partial charge in [0.05, 0.1) is 12.6 Å². The molecule has 0 aromatic carbocycles. The lowest BCUT2D eigenvalue weighted by atomic mass is 10.2. The molecule has 0 spiro atoms. The Hall–Kier alpha value is -0.820. The first-order valence-electron chi connectivity index (χ1n) is 4.99. The lowest BCUT2D eigenvalue weighted by Gasteiger charge is -2.22. The number of nitrogens with zero attached hydrogens (tertiary/aromatic N) is 1. The van der Waals surface area contributed by atoms with Crippen molar-refractivity contribution in [2.75, 3.05) is 26.4 Å². The monoisotopic (exact) mass is 241 g/mol. The fourth-order valence-electron chi connectivity index (χ4n) is 1.69. The predicted molar refractivity (Wildman–Crippen MR) is 48.7 cm³/mol. The third kappa shape index (κ3) is 3.97. The van der Waals surface area contributed by atoms with Gasteiger partial charge in [-0.2, -0.15) is 13.2 Å². The lowest BCUT2D eigenvalue weighted by Crippen LogP contribution is -2.40. The quantitative estimate of drug-likeness (QED) is 0.782. The van der Waals surface area contributed by atoms with E-state index in [0.717, 1.165) is 6.42 Å². The van der Waals surface area contributed by atoms with Crippen LogP contribution in [0.1, 0.15) is 12.8 Å². The average molecular weight is 241 g/mol. The first-order chi connectivity index (χ1) is 7.44. The van der Waals surface area contributed by atoms with Crippen LogP contribution in [0.5, 0.6) is 0 Å². The Kier molecular flexibility index (Phi) is 4.55. The molecule has 1 heterocycles. The summed E-state index contributed by atoms with van der Waals surface area (Å²) in [6.45, 7) is -1.70. The maximum Gasteiger partial charge on any atom is 0.411 e. The number of carbonyl (C=O) groups excluding carboxylic acids is 1. The Labute approximate surface area is 91.0 Å². The Morgan fingerprint density at radius 1 is 1.50 bits per heavy atom. The number of alkyl halides is 3. The topological polar surface area (TPSA) is 49.8 Å². The van der Waals surface area contributed by atoms with Gasteiger partial charge in [-0.1, -0.05) is 0 Å². The van der Waals surface area contributed by atoms with Crippen LogP contribution in [0.3, 0.4) is 0 Å². The number of halogens is 3. The maximum atomic E-state index is 11.7. The number of likely N-dealkylation sites (tertiary alicyclic amines) is 1. The van der Waals surface area contributed by atoms with E-state index in [2.05, 4.69) is 4.74 Å². The van der Waals surface area contributed by atoms with E-state index in [1.54, 1.807) is 0 Å². The molecule has 1 rings (SSSR count). The molecule has 1 aliphatic heterocycles. The second-order valence-electron chi connectivity index (χ2n) is 3.67. The molecule has 0 saturated carbocycles. The number of rotatable bonds is 4. The normalized spacial score (nSPS) is 21.5. The van der Waals surface area contributed by atoms with Crippen LogP contribution in [0, 0.1) is 0 Å². The highest BCUT2D eigenvalue weighted by molar-refractivity contribution is 5.78. The second-order valence-corrected chi connectivity index (χ2v) is 3.67. The Bertz CT molecular complexity index is 245. The first kappa shape index (κ1) is 13.2. The van der Waals surface area contributed by atoms with Crippen molar-refractivity contribution in [2.45, 2.75) is 25.1 Å². The van der Waals surface area contributed by atoms with Crippen LogP contribution in [-0.4, -0.2) is 54.5 Å². The summed E-state index contributed by atoms with van der Waals surface area (Å²) in [5, 5.41) is 8.93. The smallest absolute Gasteiger partial charge is 0.394 e. The molecule has 0 bridgehead atoms. The molecule has 1 saturated heterocycles. The van der Waals surface area contributed by atoms with Gasteiger partial charge in [-0.3, -0.25) is 4.79 Å². The van der Waals surface area contributed by atoms with E-state index in [0.29, 0.717) is 13.0 Å². The summed E-state index contributed by atoms with van der Waals surface area (Å²) in [5.74, 6) is -0.499. The summed E-state index contributed by atoms with van der Waals surface area (Å²) in [7, 11) is 0. The van der Waals surface area contributed by atoms with Gasteiger partial charge >= 0.3 is 6.18 Å². The van der Waals surface area contributed by atoms with Crippen molar-refractivity contribution < 1.29 is 27.8 Å². The molecule has 0 aromatic heterocycles. The van der Waals surface area contributed by atoms with Gasteiger partial charge in [0.2, 0.25) is 5.91 Å². The van der Waals surface area contributed by atoms with Gasteiger partial charge in [0.15, 0.2) is 0 Å². The molecule has 1 fully saturated rings. The highest BCUT2D eigenvalue weighted by Crippen LogP contribution is 2.18. The van der Waals surface area contributed by atoms with Crippen LogP contribution in [-0.2, 0) is 9.53 Å². The molecular formula is C9H14F3NO3. The van der Waals surface area contributed by atoms with Crippen LogP contribution >= 0.6 is 0 Å². The second kappa shape index (κ2) is 5.49. The van der Waals surface area contributed by atoms with Gasteiger partial charge in [0.1, 0.15) is 13.2 Å². The van der Waals surface area contributed by atoms with Gasteiger partial charge in [0, 0.05) is 6.54 Å². The Morgan fingerprint density at radius 3 is 2.75 bits per heavy atom. The van der Waals surface area contributed by atoms with Crippen LogP contribution < -0.4 is 0 Å². The molecular weight excluding hydrogens is 227 g/mol. The van der Waals surface area contributed by atoms with Crippen LogP contribution in [0.25, 0.3) is 0 Å². The fraction of sp³-hybridized carbons (Fsp3) is 0.889. The summed E-state index contributed by atoms with van der Waals surface area (Å²) in [4.78, 5) is 12.8. The highest BCUT2D eigenvalue weighted by atomic mass is 19.4. The molecule has 7 heteroatoms. The summed E-state index contributed by atoms with van der Waals surface area (Å²) < 4.78 is 39.5. The third-order valence-corrected chi connectivity index (χ3v) is 2.40. The molecule has 1 N–H and O–H groups in total. The van der Waals surface area contributed by atoms with Crippen molar-refractivity contribution in [3.8, 4) is 0 Å². The van der Waals surface area contributed by atoms with Gasteiger partial charge in [0.25, 0.3) is 0 Å². The van der Waals surface area contributed by atoms with Crippen molar-refractivity contribution in [2.24, 2.45) is 0 Å². The predicted octanol–water partition coefficient (Wildman–Crippen LogP) is 0.549. The van der Waals surface area contributed by atoms with E-state index < -0.39 is 25.3 Å². The van der Waals surface area contributed by atoms with Crippen LogP contribution in [0.2, 0.25) is 0 Å². The summed E-state index contributed by atoms with van der Waals surface area (Å²) in [5.41, 5.74) is 0. The van der Waals surface area contributed by atoms with Crippen LogP contribution in [0.15, 0.2) is 0 Å². The number of amides is 1. The van der Waals surface area contributed by atoms with Gasteiger partial charge in [-0.25, -0.2) is 0 Å². The van der Waals surface area contributed by atoms with Crippen molar-refractivity contribution in [1.29, 1.82) is 0 Å². The molecule has 1 atom stereocenters. The molecule has 4 nitrogen and oxygen atoms in total. The van der Waals surface area contributed by atoms with Gasteiger partial charge < -0.3 is 14.7 Å². The molecule has 1 aliphatic rings. The number of ether oxygens (including phenoxy) is 1. The molecule has 0 unspecified atom stereocenters. The van der Waals surface area contributed by atoms with Crippen molar-refractivity contribution in [3.05, 3.63) is 0 Å². The largest absolute Gasteiger partial charge is 0.411 e. The first-order valence-corrected chi connectivity index (χ1v) is 4.99. The zero-order valence-corrected chi connectivity index (χ0v) is 8.66. The average Bonchev–Trinajstić information content (AvgIpc) is 2.63. The van der Waals surface area contributed by atoms with E-state index in [1.165, 1.54) is 4.90 Å². The maximum absolute atomic E-state index is 11.7. The van der Waals surface area contributed by atoms with Crippen molar-refractivity contribution in [3.63, 3.8) is 0 Å². The Balaban J connectivity index is 2.29. The van der Waals surface area contributed by atoms with E-state index >= 15 is 0 Å². The minimum absolute atomic E-state index is 0.162. The molecule has 1 amide bonds. The summed E-state index contributed by atoms with van der Waals surface area (Å²) >= 11 is 0. The fourth-order valence-corrected chi connectivity index (χ4v) is 1.69. The lowest BCUT2D eigenvalue weighted by molar-refractivity contribution is -0.178. The van der Waals surface area contributed by atoms with Crippen molar-refractivity contribution in [1.82, 2.24) is 4.90 Å². The van der Waals surface area contributed by atoms with Gasteiger partial charge in [-0.15, -0.1) is 0 Å². The number of hydrogen-bond donors (Lipinski definition) is 1. The molecule has 94 valence electrons. The summed E-state index contributed by atoms with van der Waals surface area (Å²) in [6.07, 6.45) is -2.97. The molecule has 16 heavy (non-hydrogen) atoms. The zero-order valence-electron chi connectivity index (χ0n) is 8.66. The number of hydrogen-bond acceptors (Lipinski definition) is 3. The van der Waals surface area contributed by atoms with E-state index in [4.69, 9.17) is 5.11 Å². The van der Waals surface area contributed by atoms with Crippen LogP contribution in [0.4, 0.5) is 13.2 Å². The highest BCUT2D eigenvalue weighted by Gasteiger charge is 2.30. The van der Waals surface area contributed by atoms with E-state index in [1.807, 2.05) is 0 Å². The number of carbonyl (C=O) groups is 1. The van der Waals surface area contributed by atoms with E-state index in [9.17, 15) is 18.0 Å². The zero-order chi connectivity index (χ0) is 12.2. The van der Waals surface area contributed by atoms with Crippen molar-refractivity contribution >= 4 is 5.91 Å². The molecule has 0 aromatic rings. The summed E-state index contributed by atoms with van der Waals surface area (Å²) in [6, 6.07) is -0.276. The van der Waals surface area contributed by atoms with E-state index in [-0.39, 0.29) is 12.6 Å².